The highest BCUT2D eigenvalue weighted by Crippen LogP contribution is 2.42. The molecule has 0 aliphatic carbocycles. The number of carbonyl (C=O) groups excluding carboxylic acids is 2. The van der Waals surface area contributed by atoms with Crippen molar-refractivity contribution >= 4 is 17.7 Å². The van der Waals surface area contributed by atoms with Gasteiger partial charge in [-0.1, -0.05) is 24.3 Å². The van der Waals surface area contributed by atoms with E-state index in [2.05, 4.69) is 25.8 Å². The standard InChI is InChI=1S/C28H32N6O4/c1-17-24(27(36)31-23-13-7-8-14-29-23)26(21-11-5-6-12-22(21)35)25(18(2)30-17)28(37)38-16-10-9-15-34-19(3)32-33-20(34)4/h5-8,11-14,26,30,35H,9-10,15-16H2,1-4H3,(H,29,31,36). The van der Waals surface area contributed by atoms with Crippen LogP contribution in [0.1, 0.15) is 49.8 Å². The molecule has 10 nitrogen and oxygen atoms in total. The number of phenolic OH excluding ortho intramolecular Hbond substituents is 1. The van der Waals surface area contributed by atoms with Crippen LogP contribution in [0.5, 0.6) is 5.75 Å². The molecule has 198 valence electrons. The van der Waals surface area contributed by atoms with E-state index >= 15 is 0 Å². The Hall–Kier alpha value is -4.47. The zero-order valence-corrected chi connectivity index (χ0v) is 22.0. The first-order chi connectivity index (χ1) is 18.3. The van der Waals surface area contributed by atoms with Gasteiger partial charge in [0.1, 0.15) is 23.2 Å². The van der Waals surface area contributed by atoms with Crippen molar-refractivity contribution in [1.82, 2.24) is 25.1 Å². The lowest BCUT2D eigenvalue weighted by Crippen LogP contribution is -2.34. The van der Waals surface area contributed by atoms with E-state index in [1.54, 1.807) is 56.4 Å². The van der Waals surface area contributed by atoms with Crippen molar-refractivity contribution in [3.8, 4) is 5.75 Å². The second kappa shape index (κ2) is 11.7. The number of allylic oxidation sites excluding steroid dienone is 2. The van der Waals surface area contributed by atoms with Gasteiger partial charge in [-0.25, -0.2) is 9.78 Å². The molecule has 10 heteroatoms. The van der Waals surface area contributed by atoms with Crippen molar-refractivity contribution in [2.24, 2.45) is 0 Å². The molecule has 1 aliphatic heterocycles. The zero-order chi connectivity index (χ0) is 27.2. The molecule has 1 unspecified atom stereocenters. The summed E-state index contributed by atoms with van der Waals surface area (Å²) in [6.45, 7) is 8.27. The van der Waals surface area contributed by atoms with E-state index < -0.39 is 17.8 Å². The summed E-state index contributed by atoms with van der Waals surface area (Å²) in [7, 11) is 0. The minimum atomic E-state index is -0.837. The van der Waals surface area contributed by atoms with Crippen LogP contribution >= 0.6 is 0 Å². The number of esters is 1. The molecule has 0 bridgehead atoms. The Kier molecular flexibility index (Phi) is 8.20. The number of pyridine rings is 1. The van der Waals surface area contributed by atoms with Crippen LogP contribution in [0.4, 0.5) is 5.82 Å². The average Bonchev–Trinajstić information content (AvgIpc) is 3.21. The molecular formula is C28H32N6O4. The van der Waals surface area contributed by atoms with Gasteiger partial charge in [0.05, 0.1) is 18.1 Å². The summed E-state index contributed by atoms with van der Waals surface area (Å²) < 4.78 is 7.70. The Morgan fingerprint density at radius 2 is 1.66 bits per heavy atom. The number of carbonyl (C=O) groups is 2. The molecule has 0 radical (unpaired) electrons. The van der Waals surface area contributed by atoms with Crippen molar-refractivity contribution in [3.05, 3.63) is 88.4 Å². The van der Waals surface area contributed by atoms with Gasteiger partial charge in [-0.05, 0) is 58.7 Å². The van der Waals surface area contributed by atoms with Crippen molar-refractivity contribution < 1.29 is 19.4 Å². The highest BCUT2D eigenvalue weighted by atomic mass is 16.5. The predicted molar refractivity (Wildman–Crippen MR) is 142 cm³/mol. The molecule has 3 heterocycles. The third-order valence-corrected chi connectivity index (χ3v) is 6.51. The molecule has 1 aromatic carbocycles. The lowest BCUT2D eigenvalue weighted by atomic mass is 9.79. The minimum Gasteiger partial charge on any atom is -0.508 e. The van der Waals surface area contributed by atoms with Crippen LogP contribution in [-0.4, -0.2) is 43.3 Å². The van der Waals surface area contributed by atoms with E-state index in [9.17, 15) is 14.7 Å². The Morgan fingerprint density at radius 3 is 2.34 bits per heavy atom. The summed E-state index contributed by atoms with van der Waals surface area (Å²) in [4.78, 5) is 31.1. The first-order valence-electron chi connectivity index (χ1n) is 12.5. The molecule has 2 aromatic heterocycles. The van der Waals surface area contributed by atoms with E-state index in [-0.39, 0.29) is 17.9 Å². The second-order valence-corrected chi connectivity index (χ2v) is 9.15. The molecule has 3 N–H and O–H groups in total. The number of dihydropyridines is 1. The van der Waals surface area contributed by atoms with Gasteiger partial charge in [0.2, 0.25) is 0 Å². The number of hydrogen-bond donors (Lipinski definition) is 3. The third kappa shape index (κ3) is 5.74. The molecule has 0 saturated carbocycles. The molecule has 3 aromatic rings. The molecule has 1 aliphatic rings. The summed E-state index contributed by atoms with van der Waals surface area (Å²) in [6, 6.07) is 11.9. The number of aryl methyl sites for hydroxylation is 2. The number of anilines is 1. The number of aromatic nitrogens is 4. The fourth-order valence-corrected chi connectivity index (χ4v) is 4.65. The van der Waals surface area contributed by atoms with Gasteiger partial charge in [-0.15, -0.1) is 10.2 Å². The number of phenols is 1. The fourth-order valence-electron chi connectivity index (χ4n) is 4.65. The molecule has 1 atom stereocenters. The normalized spacial score (nSPS) is 15.3. The van der Waals surface area contributed by atoms with Crippen molar-refractivity contribution in [2.75, 3.05) is 11.9 Å². The van der Waals surface area contributed by atoms with E-state index in [1.165, 1.54) is 6.07 Å². The number of amides is 1. The second-order valence-electron chi connectivity index (χ2n) is 9.15. The smallest absolute Gasteiger partial charge is 0.336 e. The maximum absolute atomic E-state index is 13.5. The number of unbranched alkanes of at least 4 members (excludes halogenated alkanes) is 1. The van der Waals surface area contributed by atoms with Crippen LogP contribution in [-0.2, 0) is 20.9 Å². The SMILES string of the molecule is CC1=C(C(=O)Nc2ccccn2)C(c2ccccc2O)C(C(=O)OCCCCn2c(C)nnc2C)=C(C)N1. The number of para-hydroxylation sites is 1. The van der Waals surface area contributed by atoms with Gasteiger partial charge in [0.15, 0.2) is 0 Å². The Bertz CT molecular complexity index is 1370. The summed E-state index contributed by atoms with van der Waals surface area (Å²) in [6.07, 6.45) is 3.00. The first-order valence-corrected chi connectivity index (χ1v) is 12.5. The van der Waals surface area contributed by atoms with Crippen LogP contribution in [0.2, 0.25) is 0 Å². The van der Waals surface area contributed by atoms with Crippen molar-refractivity contribution in [3.63, 3.8) is 0 Å². The largest absolute Gasteiger partial charge is 0.508 e. The predicted octanol–water partition coefficient (Wildman–Crippen LogP) is 3.89. The molecular weight excluding hydrogens is 484 g/mol. The summed E-state index contributed by atoms with van der Waals surface area (Å²) in [5.41, 5.74) is 2.14. The van der Waals surface area contributed by atoms with Gasteiger partial charge >= 0.3 is 5.97 Å². The first kappa shape index (κ1) is 26.6. The molecule has 4 rings (SSSR count). The van der Waals surface area contributed by atoms with E-state index in [0.717, 1.165) is 24.6 Å². The maximum atomic E-state index is 13.5. The number of ether oxygens (including phenoxy) is 1. The number of nitrogens with one attached hydrogen (secondary N) is 2. The van der Waals surface area contributed by atoms with Gasteiger partial charge in [0, 0.05) is 35.3 Å². The number of hydrogen-bond acceptors (Lipinski definition) is 8. The number of rotatable bonds is 9. The maximum Gasteiger partial charge on any atom is 0.336 e. The van der Waals surface area contributed by atoms with E-state index in [0.29, 0.717) is 34.8 Å². The quantitative estimate of drug-likeness (QED) is 0.288. The monoisotopic (exact) mass is 516 g/mol. The molecule has 38 heavy (non-hydrogen) atoms. The Balaban J connectivity index is 1.55. The number of aromatic hydroxyl groups is 1. The highest BCUT2D eigenvalue weighted by Gasteiger charge is 2.38. The van der Waals surface area contributed by atoms with Gasteiger partial charge in [-0.2, -0.15) is 0 Å². The average molecular weight is 517 g/mol. The Morgan fingerprint density at radius 1 is 0.974 bits per heavy atom. The van der Waals surface area contributed by atoms with Crippen molar-refractivity contribution in [1.29, 1.82) is 0 Å². The van der Waals surface area contributed by atoms with Crippen LogP contribution in [0.25, 0.3) is 0 Å². The highest BCUT2D eigenvalue weighted by molar-refractivity contribution is 6.08. The molecule has 1 amide bonds. The van der Waals surface area contributed by atoms with Gasteiger partial charge in [-0.3, -0.25) is 4.79 Å². The summed E-state index contributed by atoms with van der Waals surface area (Å²) in [5.74, 6) is 0.234. The van der Waals surface area contributed by atoms with Crippen LogP contribution in [0.15, 0.2) is 71.2 Å². The number of nitrogens with zero attached hydrogens (tertiary/aromatic N) is 4. The van der Waals surface area contributed by atoms with Crippen LogP contribution in [0.3, 0.4) is 0 Å². The zero-order valence-electron chi connectivity index (χ0n) is 22.0. The van der Waals surface area contributed by atoms with Gasteiger partial charge < -0.3 is 25.0 Å². The third-order valence-electron chi connectivity index (χ3n) is 6.51. The van der Waals surface area contributed by atoms with Gasteiger partial charge in [0.25, 0.3) is 5.91 Å². The lowest BCUT2D eigenvalue weighted by molar-refractivity contribution is -0.139. The lowest BCUT2D eigenvalue weighted by Gasteiger charge is -2.31. The molecule has 0 spiro atoms. The van der Waals surface area contributed by atoms with Crippen molar-refractivity contribution in [2.45, 2.75) is 53.0 Å². The summed E-state index contributed by atoms with van der Waals surface area (Å²) in [5, 5.41) is 24.8. The van der Waals surface area contributed by atoms with Crippen LogP contribution < -0.4 is 10.6 Å². The van der Waals surface area contributed by atoms with Crippen LogP contribution in [0, 0.1) is 13.8 Å². The topological polar surface area (TPSA) is 131 Å². The molecule has 0 fully saturated rings. The molecule has 0 saturated heterocycles. The Labute approximate surface area is 221 Å². The van der Waals surface area contributed by atoms with E-state index in [1.807, 2.05) is 18.4 Å². The summed E-state index contributed by atoms with van der Waals surface area (Å²) >= 11 is 0. The van der Waals surface area contributed by atoms with E-state index in [4.69, 9.17) is 4.74 Å². The minimum absolute atomic E-state index is 0.0203. The number of benzene rings is 1. The fraction of sp³-hybridized carbons (Fsp3) is 0.321.